The van der Waals surface area contributed by atoms with Crippen LogP contribution in [-0.2, 0) is 12.7 Å². The number of benzene rings is 1. The number of oxazole rings is 1. The number of halogens is 4. The van der Waals surface area contributed by atoms with Gasteiger partial charge in [-0.1, -0.05) is 15.9 Å². The number of alkyl halides is 3. The molecule has 3 heterocycles. The predicted octanol–water partition coefficient (Wildman–Crippen LogP) is 4.48. The van der Waals surface area contributed by atoms with Gasteiger partial charge in [-0.25, -0.2) is 9.97 Å². The van der Waals surface area contributed by atoms with E-state index in [2.05, 4.69) is 41.6 Å². The molecule has 182 valence electrons. The van der Waals surface area contributed by atoms with Crippen molar-refractivity contribution in [2.75, 3.05) is 12.4 Å². The zero-order valence-electron chi connectivity index (χ0n) is 18.6. The van der Waals surface area contributed by atoms with Gasteiger partial charge in [0.1, 0.15) is 17.7 Å². The molecule has 3 aromatic heterocycles. The van der Waals surface area contributed by atoms with Gasteiger partial charge < -0.3 is 15.1 Å². The van der Waals surface area contributed by atoms with Gasteiger partial charge in [0.25, 0.3) is 11.8 Å². The normalized spacial score (nSPS) is 11.6. The molecule has 0 radical (unpaired) electrons. The molecule has 0 aliphatic heterocycles. The number of fused-ring (bicyclic) bond motifs is 1. The molecule has 4 rings (SSSR count). The molecular weight excluding hydrogens is 533 g/mol. The number of anilines is 1. The van der Waals surface area contributed by atoms with E-state index < -0.39 is 23.7 Å². The van der Waals surface area contributed by atoms with E-state index in [1.54, 1.807) is 24.6 Å². The molecule has 0 saturated carbocycles. The summed E-state index contributed by atoms with van der Waals surface area (Å²) in [6.45, 7) is 3.49. The zero-order valence-corrected chi connectivity index (χ0v) is 20.2. The number of aromatic nitrogens is 4. The minimum Gasteiger partial charge on any atom is -0.441 e. The second kappa shape index (κ2) is 9.13. The van der Waals surface area contributed by atoms with Crippen LogP contribution in [0.25, 0.3) is 10.9 Å². The van der Waals surface area contributed by atoms with Crippen molar-refractivity contribution in [3.8, 4) is 0 Å². The number of nitrogens with zero attached hydrogens (tertiary/aromatic N) is 4. The van der Waals surface area contributed by atoms with E-state index in [0.29, 0.717) is 27.2 Å². The summed E-state index contributed by atoms with van der Waals surface area (Å²) in [5.41, 5.74) is 0.444. The summed E-state index contributed by atoms with van der Waals surface area (Å²) in [5, 5.41) is 9.73. The molecule has 0 bridgehead atoms. The largest absolute Gasteiger partial charge is 0.441 e. The van der Waals surface area contributed by atoms with E-state index in [1.807, 2.05) is 0 Å². The van der Waals surface area contributed by atoms with Crippen molar-refractivity contribution in [1.29, 1.82) is 0 Å². The Balaban J connectivity index is 1.67. The summed E-state index contributed by atoms with van der Waals surface area (Å²) in [6.07, 6.45) is -3.41. The Bertz CT molecular complexity index is 1460. The monoisotopic (exact) mass is 550 g/mol. The smallest absolute Gasteiger partial charge is 0.433 e. The maximum absolute atomic E-state index is 13.4. The molecule has 0 unspecified atom stereocenters. The van der Waals surface area contributed by atoms with Crippen LogP contribution in [0.1, 0.15) is 43.8 Å². The lowest BCUT2D eigenvalue weighted by Gasteiger charge is -2.13. The van der Waals surface area contributed by atoms with E-state index in [4.69, 9.17) is 4.42 Å². The SMILES string of the molecule is CNC(=O)c1nc(Cn2nc(C)c(NC(=O)c3cc(C(F)(F)F)nc4ccc(Br)cc34)c2C)co1. The maximum atomic E-state index is 13.4. The van der Waals surface area contributed by atoms with Crippen molar-refractivity contribution in [3.05, 3.63) is 69.2 Å². The lowest BCUT2D eigenvalue weighted by atomic mass is 10.1. The first kappa shape index (κ1) is 24.4. The summed E-state index contributed by atoms with van der Waals surface area (Å²) in [7, 11) is 1.45. The first-order valence-electron chi connectivity index (χ1n) is 10.2. The Morgan fingerprint density at radius 2 is 1.89 bits per heavy atom. The minimum absolute atomic E-state index is 0.0373. The fourth-order valence-electron chi connectivity index (χ4n) is 3.49. The average Bonchev–Trinajstić information content (AvgIpc) is 3.37. The number of nitrogens with one attached hydrogen (secondary N) is 2. The summed E-state index contributed by atoms with van der Waals surface area (Å²) in [5.74, 6) is -1.32. The van der Waals surface area contributed by atoms with Crippen molar-refractivity contribution >= 4 is 44.3 Å². The molecule has 0 saturated heterocycles. The third-order valence-electron chi connectivity index (χ3n) is 5.21. The lowest BCUT2D eigenvalue weighted by molar-refractivity contribution is -0.140. The molecule has 35 heavy (non-hydrogen) atoms. The summed E-state index contributed by atoms with van der Waals surface area (Å²) in [6, 6.07) is 5.23. The average molecular weight is 551 g/mol. The Labute approximate surface area is 204 Å². The highest BCUT2D eigenvalue weighted by molar-refractivity contribution is 9.10. The predicted molar refractivity (Wildman–Crippen MR) is 123 cm³/mol. The molecule has 0 aliphatic rings. The third-order valence-corrected chi connectivity index (χ3v) is 5.70. The number of aryl methyl sites for hydroxylation is 1. The van der Waals surface area contributed by atoms with Crippen molar-refractivity contribution in [3.63, 3.8) is 0 Å². The number of amides is 2. The van der Waals surface area contributed by atoms with Crippen molar-refractivity contribution < 1.29 is 27.2 Å². The van der Waals surface area contributed by atoms with E-state index in [0.717, 1.165) is 6.07 Å². The van der Waals surface area contributed by atoms with Gasteiger partial charge in [-0.05, 0) is 38.1 Å². The van der Waals surface area contributed by atoms with Gasteiger partial charge in [-0.2, -0.15) is 18.3 Å². The fraction of sp³-hybridized carbons (Fsp3) is 0.227. The summed E-state index contributed by atoms with van der Waals surface area (Å²) < 4.78 is 47.5. The van der Waals surface area contributed by atoms with Crippen LogP contribution in [0.2, 0.25) is 0 Å². The first-order chi connectivity index (χ1) is 16.5. The highest BCUT2D eigenvalue weighted by Gasteiger charge is 2.34. The number of carbonyl (C=O) groups excluding carboxylic acids is 2. The standard InChI is InChI=1S/C22H18BrF3N6O3/c1-10-18(11(2)32(31-10)8-13-9-35-21(28-13)20(34)27-3)30-19(33)15-7-17(22(24,25)26)29-16-5-4-12(23)6-14(15)16/h4-7,9H,8H2,1-3H3,(H,27,34)(H,30,33). The second-order valence-corrected chi connectivity index (χ2v) is 8.51. The quantitative estimate of drug-likeness (QED) is 0.378. The molecular formula is C22H18BrF3N6O3. The van der Waals surface area contributed by atoms with Gasteiger partial charge in [-0.15, -0.1) is 0 Å². The number of pyridine rings is 1. The maximum Gasteiger partial charge on any atom is 0.433 e. The molecule has 0 aliphatic carbocycles. The van der Waals surface area contributed by atoms with Crippen molar-refractivity contribution in [1.82, 2.24) is 25.1 Å². The van der Waals surface area contributed by atoms with E-state index in [1.165, 1.54) is 25.4 Å². The minimum atomic E-state index is -4.72. The molecule has 0 spiro atoms. The highest BCUT2D eigenvalue weighted by atomic mass is 79.9. The number of hydrogen-bond acceptors (Lipinski definition) is 6. The Morgan fingerprint density at radius 3 is 2.57 bits per heavy atom. The van der Waals surface area contributed by atoms with Crippen LogP contribution in [0.15, 0.2) is 39.4 Å². The Morgan fingerprint density at radius 1 is 1.14 bits per heavy atom. The van der Waals surface area contributed by atoms with E-state index >= 15 is 0 Å². The fourth-order valence-corrected chi connectivity index (χ4v) is 3.85. The van der Waals surface area contributed by atoms with Crippen LogP contribution in [-0.4, -0.2) is 38.6 Å². The van der Waals surface area contributed by atoms with Crippen LogP contribution in [0, 0.1) is 13.8 Å². The van der Waals surface area contributed by atoms with Crippen molar-refractivity contribution in [2.24, 2.45) is 0 Å². The zero-order chi connectivity index (χ0) is 25.5. The van der Waals surface area contributed by atoms with Gasteiger partial charge in [0, 0.05) is 16.9 Å². The van der Waals surface area contributed by atoms with Gasteiger partial charge in [0.2, 0.25) is 0 Å². The molecule has 2 N–H and O–H groups in total. The van der Waals surface area contributed by atoms with E-state index in [-0.39, 0.29) is 28.9 Å². The molecule has 13 heteroatoms. The van der Waals surface area contributed by atoms with Crippen LogP contribution in [0.3, 0.4) is 0 Å². The Hall–Kier alpha value is -3.74. The van der Waals surface area contributed by atoms with Crippen LogP contribution in [0.4, 0.5) is 18.9 Å². The highest BCUT2D eigenvalue weighted by Crippen LogP contribution is 2.32. The van der Waals surface area contributed by atoms with Gasteiger partial charge in [0.15, 0.2) is 0 Å². The molecule has 2 amide bonds. The molecule has 0 fully saturated rings. The van der Waals surface area contributed by atoms with E-state index in [9.17, 15) is 22.8 Å². The van der Waals surface area contributed by atoms with Crippen LogP contribution < -0.4 is 10.6 Å². The molecule has 9 nitrogen and oxygen atoms in total. The van der Waals surface area contributed by atoms with Gasteiger partial charge in [-0.3, -0.25) is 14.3 Å². The van der Waals surface area contributed by atoms with Crippen LogP contribution >= 0.6 is 15.9 Å². The van der Waals surface area contributed by atoms with Crippen molar-refractivity contribution in [2.45, 2.75) is 26.6 Å². The summed E-state index contributed by atoms with van der Waals surface area (Å²) in [4.78, 5) is 32.6. The molecule has 1 aromatic carbocycles. The first-order valence-corrected chi connectivity index (χ1v) is 11.0. The topological polar surface area (TPSA) is 115 Å². The molecule has 4 aromatic rings. The van der Waals surface area contributed by atoms with Gasteiger partial charge in [0.05, 0.1) is 34.7 Å². The third kappa shape index (κ3) is 4.90. The number of hydrogen-bond donors (Lipinski definition) is 2. The van der Waals surface area contributed by atoms with Gasteiger partial charge >= 0.3 is 12.1 Å². The Kier molecular flexibility index (Phi) is 6.36. The number of carbonyl (C=O) groups is 2. The second-order valence-electron chi connectivity index (χ2n) is 7.60. The summed E-state index contributed by atoms with van der Waals surface area (Å²) >= 11 is 3.28. The van der Waals surface area contributed by atoms with Crippen LogP contribution in [0.5, 0.6) is 0 Å². The lowest BCUT2D eigenvalue weighted by Crippen LogP contribution is -2.18. The number of rotatable bonds is 5. The molecule has 0 atom stereocenters.